The number of hydrogen-bond acceptors (Lipinski definition) is 1. The molecule has 1 aliphatic carbocycles. The fourth-order valence-electron chi connectivity index (χ4n) is 0.783. The minimum Gasteiger partial charge on any atom is -0.171 e. The first-order chi connectivity index (χ1) is 2.89. The second-order valence-electron chi connectivity index (χ2n) is 1.77. The molecule has 0 spiro atoms. The van der Waals surface area contributed by atoms with E-state index in [2.05, 4.69) is 12.6 Å². The van der Waals surface area contributed by atoms with Gasteiger partial charge < -0.3 is 0 Å². The molecule has 0 heterocycles. The Kier molecular flexibility index (Phi) is 1.41. The van der Waals surface area contributed by atoms with Crippen LogP contribution in [0.25, 0.3) is 0 Å². The topological polar surface area (TPSA) is 0 Å². The Bertz CT molecular complexity index is 37.2. The zero-order valence-electron chi connectivity index (χ0n) is 3.78. The number of hydrogen-bond donors (Lipinski definition) is 1. The number of rotatable bonds is 0. The van der Waals surface area contributed by atoms with Gasteiger partial charge in [-0.15, -0.1) is 0 Å². The van der Waals surface area contributed by atoms with Crippen LogP contribution < -0.4 is 0 Å². The molecule has 1 saturated carbocycles. The quantitative estimate of drug-likeness (QED) is 0.443. The van der Waals surface area contributed by atoms with E-state index < -0.39 is 0 Å². The summed E-state index contributed by atoms with van der Waals surface area (Å²) in [5.41, 5.74) is 0. The maximum absolute atomic E-state index is 4.21. The largest absolute Gasteiger partial charge is 0.171 e. The normalized spacial score (nSPS) is 25.5. The smallest absolute Gasteiger partial charge is 0.0274 e. The highest BCUT2D eigenvalue weighted by molar-refractivity contribution is 7.83. The Labute approximate surface area is 44.3 Å². The third-order valence-electron chi connectivity index (χ3n) is 1.18. The van der Waals surface area contributed by atoms with Crippen molar-refractivity contribution < 1.29 is 0 Å². The summed E-state index contributed by atoms with van der Waals surface area (Å²) in [6.07, 6.45) is 5.28. The van der Waals surface area contributed by atoms with E-state index in [9.17, 15) is 0 Å². The van der Waals surface area contributed by atoms with Gasteiger partial charge in [0.1, 0.15) is 0 Å². The van der Waals surface area contributed by atoms with Crippen LogP contribution >= 0.6 is 12.6 Å². The van der Waals surface area contributed by atoms with Gasteiger partial charge >= 0.3 is 0 Å². The molecule has 0 amide bonds. The molecule has 1 fully saturated rings. The number of thiol groups is 1. The van der Waals surface area contributed by atoms with Gasteiger partial charge in [-0.05, 0) is 12.8 Å². The van der Waals surface area contributed by atoms with Gasteiger partial charge in [0, 0.05) is 5.25 Å². The van der Waals surface area contributed by atoms with Crippen LogP contribution in [0, 0.1) is 5.25 Å². The van der Waals surface area contributed by atoms with Gasteiger partial charge in [-0.1, -0.05) is 12.8 Å². The molecule has 0 aromatic heterocycles. The van der Waals surface area contributed by atoms with E-state index >= 15 is 0 Å². The molecule has 0 bridgehead atoms. The van der Waals surface area contributed by atoms with Crippen LogP contribution in [-0.2, 0) is 0 Å². The molecule has 1 heteroatoms. The van der Waals surface area contributed by atoms with E-state index in [0.717, 1.165) is 0 Å². The molecule has 1 rings (SSSR count). The maximum atomic E-state index is 4.21. The lowest BCUT2D eigenvalue weighted by Crippen LogP contribution is -1.69. The molecule has 1 aliphatic rings. The van der Waals surface area contributed by atoms with Crippen molar-refractivity contribution in [3.05, 3.63) is 5.25 Å². The summed E-state index contributed by atoms with van der Waals surface area (Å²) in [7, 11) is 0. The Morgan fingerprint density at radius 3 is 1.83 bits per heavy atom. The SMILES string of the molecule is S[C]1CCCC1. The monoisotopic (exact) mass is 101 g/mol. The first kappa shape index (κ1) is 4.51. The molecule has 1 radical (unpaired) electrons. The fraction of sp³-hybridized carbons (Fsp3) is 0.800. The van der Waals surface area contributed by atoms with E-state index in [-0.39, 0.29) is 0 Å². The van der Waals surface area contributed by atoms with Gasteiger partial charge in [-0.2, -0.15) is 12.6 Å². The van der Waals surface area contributed by atoms with E-state index in [4.69, 9.17) is 0 Å². The summed E-state index contributed by atoms with van der Waals surface area (Å²) in [6.45, 7) is 0. The molecule has 35 valence electrons. The molecule has 0 nitrogen and oxygen atoms in total. The molecule has 0 atom stereocenters. The average molecular weight is 101 g/mol. The molecule has 0 saturated heterocycles. The highest BCUT2D eigenvalue weighted by Gasteiger charge is 2.09. The van der Waals surface area contributed by atoms with Gasteiger partial charge in [0.15, 0.2) is 0 Å². The third kappa shape index (κ3) is 0.904. The predicted molar refractivity (Wildman–Crippen MR) is 30.7 cm³/mol. The van der Waals surface area contributed by atoms with Crippen molar-refractivity contribution in [2.45, 2.75) is 25.7 Å². The third-order valence-corrected chi connectivity index (χ3v) is 1.63. The molecule has 0 aromatic carbocycles. The van der Waals surface area contributed by atoms with Crippen molar-refractivity contribution in [2.75, 3.05) is 0 Å². The summed E-state index contributed by atoms with van der Waals surface area (Å²) >= 11 is 4.21. The molecule has 6 heavy (non-hydrogen) atoms. The van der Waals surface area contributed by atoms with E-state index in [1.165, 1.54) is 30.9 Å². The van der Waals surface area contributed by atoms with Crippen molar-refractivity contribution in [2.24, 2.45) is 0 Å². The second kappa shape index (κ2) is 1.87. The van der Waals surface area contributed by atoms with Crippen molar-refractivity contribution in [3.63, 3.8) is 0 Å². The highest BCUT2D eigenvalue weighted by atomic mass is 32.1. The summed E-state index contributed by atoms with van der Waals surface area (Å²) in [6, 6.07) is 0. The average Bonchev–Trinajstić information content (AvgIpc) is 1.86. The zero-order chi connectivity index (χ0) is 4.41. The molecule has 0 aromatic rings. The van der Waals surface area contributed by atoms with Crippen LogP contribution in [0.4, 0.5) is 0 Å². The lowest BCUT2D eigenvalue weighted by Gasteiger charge is -1.89. The van der Waals surface area contributed by atoms with Gasteiger partial charge in [0.25, 0.3) is 0 Å². The van der Waals surface area contributed by atoms with Crippen LogP contribution in [-0.4, -0.2) is 0 Å². The van der Waals surface area contributed by atoms with Crippen LogP contribution in [0.1, 0.15) is 25.7 Å². The summed E-state index contributed by atoms with van der Waals surface area (Å²) < 4.78 is 0. The standard InChI is InChI=1S/C5H9S/c6-5-3-1-2-4-5/h6H,1-4H2. The lowest BCUT2D eigenvalue weighted by molar-refractivity contribution is 0.886. The minimum absolute atomic E-state index is 1.27. The Balaban J connectivity index is 2.18. The van der Waals surface area contributed by atoms with Crippen LogP contribution in [0.15, 0.2) is 0 Å². The second-order valence-corrected chi connectivity index (χ2v) is 2.41. The van der Waals surface area contributed by atoms with Crippen molar-refractivity contribution in [1.29, 1.82) is 0 Å². The molecular formula is C5H9S. The highest BCUT2D eigenvalue weighted by Crippen LogP contribution is 2.28. The molecule has 0 unspecified atom stereocenters. The van der Waals surface area contributed by atoms with Crippen molar-refractivity contribution in [3.8, 4) is 0 Å². The summed E-state index contributed by atoms with van der Waals surface area (Å²) in [5, 5.41) is 1.40. The lowest BCUT2D eigenvalue weighted by atomic mass is 10.4. The Morgan fingerprint density at radius 2 is 1.67 bits per heavy atom. The summed E-state index contributed by atoms with van der Waals surface area (Å²) in [4.78, 5) is 0. The zero-order valence-corrected chi connectivity index (χ0v) is 4.67. The molecule has 0 aliphatic heterocycles. The van der Waals surface area contributed by atoms with Crippen molar-refractivity contribution >= 4 is 12.6 Å². The molecule has 0 N–H and O–H groups in total. The van der Waals surface area contributed by atoms with Crippen LogP contribution in [0.2, 0.25) is 0 Å². The van der Waals surface area contributed by atoms with E-state index in [1.54, 1.807) is 0 Å². The first-order valence-corrected chi connectivity index (χ1v) is 2.88. The van der Waals surface area contributed by atoms with Gasteiger partial charge in [-0.25, -0.2) is 0 Å². The Hall–Kier alpha value is 0.350. The van der Waals surface area contributed by atoms with Crippen molar-refractivity contribution in [1.82, 2.24) is 0 Å². The van der Waals surface area contributed by atoms with E-state index in [1.807, 2.05) is 0 Å². The fourth-order valence-corrected chi connectivity index (χ4v) is 1.10. The van der Waals surface area contributed by atoms with Crippen LogP contribution in [0.3, 0.4) is 0 Å². The maximum Gasteiger partial charge on any atom is 0.0274 e. The van der Waals surface area contributed by atoms with Gasteiger partial charge in [-0.3, -0.25) is 0 Å². The Morgan fingerprint density at radius 1 is 1.17 bits per heavy atom. The predicted octanol–water partition coefficient (Wildman–Crippen LogP) is 2.02. The summed E-state index contributed by atoms with van der Waals surface area (Å²) in [5.74, 6) is 0. The van der Waals surface area contributed by atoms with Gasteiger partial charge in [0.2, 0.25) is 0 Å². The van der Waals surface area contributed by atoms with Gasteiger partial charge in [0.05, 0.1) is 0 Å². The van der Waals surface area contributed by atoms with Crippen LogP contribution in [0.5, 0.6) is 0 Å². The molecular weight excluding hydrogens is 92.1 g/mol. The minimum atomic E-state index is 1.27. The first-order valence-electron chi connectivity index (χ1n) is 2.43. The van der Waals surface area contributed by atoms with E-state index in [0.29, 0.717) is 0 Å².